The summed E-state index contributed by atoms with van der Waals surface area (Å²) in [6.45, 7) is 7.51. The highest BCUT2D eigenvalue weighted by molar-refractivity contribution is 5.97. The summed E-state index contributed by atoms with van der Waals surface area (Å²) in [7, 11) is 0. The predicted octanol–water partition coefficient (Wildman–Crippen LogP) is 4.73. The van der Waals surface area contributed by atoms with Crippen molar-refractivity contribution >= 4 is 17.5 Å². The molecule has 3 saturated carbocycles. The highest BCUT2D eigenvalue weighted by Gasteiger charge is 2.70. The standard InChI is InChI=1S/C25H31FO4/c1-5-22(29)30-25(13(2)27)9-7-16-14-11-20(26)19-12-21(28)15-10-18(15)24(19,4)17(14)6-8-23(16,25)3/h11-12,14-18H,5-10H2,1-4H3/t14-,15?,16-,17+,18?,23-,24+,25-/m0/s1. The maximum absolute atomic E-state index is 15.4. The summed E-state index contributed by atoms with van der Waals surface area (Å²) < 4.78 is 21.3. The molecule has 0 saturated heterocycles. The summed E-state index contributed by atoms with van der Waals surface area (Å²) in [6.07, 6.45) is 7.29. The third-order valence-corrected chi connectivity index (χ3v) is 9.76. The van der Waals surface area contributed by atoms with E-state index in [-0.39, 0.29) is 64.8 Å². The first kappa shape index (κ1) is 20.1. The lowest BCUT2D eigenvalue weighted by molar-refractivity contribution is -0.187. The molecule has 0 spiro atoms. The molecule has 0 aromatic carbocycles. The van der Waals surface area contributed by atoms with Gasteiger partial charge in [0.05, 0.1) is 0 Å². The van der Waals surface area contributed by atoms with E-state index >= 15 is 4.39 Å². The van der Waals surface area contributed by atoms with E-state index in [1.165, 1.54) is 6.92 Å². The number of rotatable bonds is 3. The lowest BCUT2D eigenvalue weighted by Gasteiger charge is -2.57. The third kappa shape index (κ3) is 2.24. The van der Waals surface area contributed by atoms with Crippen LogP contribution in [0, 0.1) is 40.4 Å². The number of hydrogen-bond donors (Lipinski definition) is 0. The van der Waals surface area contributed by atoms with Gasteiger partial charge in [0.1, 0.15) is 5.83 Å². The molecule has 2 unspecified atom stereocenters. The van der Waals surface area contributed by atoms with Crippen LogP contribution in [0.25, 0.3) is 0 Å². The first-order valence-electron chi connectivity index (χ1n) is 11.5. The highest BCUT2D eigenvalue weighted by atomic mass is 19.1. The predicted molar refractivity (Wildman–Crippen MR) is 109 cm³/mol. The fraction of sp³-hybridized carbons (Fsp3) is 0.720. The average Bonchev–Trinajstić information content (AvgIpc) is 3.45. The number of carbonyl (C=O) groups excluding carboxylic acids is 3. The molecular weight excluding hydrogens is 383 g/mol. The van der Waals surface area contributed by atoms with Crippen molar-refractivity contribution in [2.45, 2.75) is 71.8 Å². The van der Waals surface area contributed by atoms with Gasteiger partial charge in [-0.1, -0.05) is 20.8 Å². The zero-order chi connectivity index (χ0) is 21.6. The quantitative estimate of drug-likeness (QED) is 0.627. The summed E-state index contributed by atoms with van der Waals surface area (Å²) in [5.74, 6) is 0.0289. The zero-order valence-corrected chi connectivity index (χ0v) is 18.3. The maximum Gasteiger partial charge on any atom is 0.306 e. The van der Waals surface area contributed by atoms with Crippen molar-refractivity contribution in [3.63, 3.8) is 0 Å². The van der Waals surface area contributed by atoms with Crippen molar-refractivity contribution in [3.05, 3.63) is 23.6 Å². The SMILES string of the molecule is CCC(=O)O[C@]1(C(C)=O)CC[C@H]2[C@@H]3C=C(F)C4=CC(=O)C5CC5[C@@]4(C)[C@@H]3CC[C@@]21C. The lowest BCUT2D eigenvalue weighted by Crippen LogP contribution is -2.58. The van der Waals surface area contributed by atoms with Crippen LogP contribution < -0.4 is 0 Å². The van der Waals surface area contributed by atoms with Crippen LogP contribution in [0.4, 0.5) is 4.39 Å². The number of Topliss-reactive ketones (excluding diaryl/α,β-unsaturated/α-hetero) is 1. The Morgan fingerprint density at radius 2 is 1.87 bits per heavy atom. The van der Waals surface area contributed by atoms with Gasteiger partial charge in [0.15, 0.2) is 17.2 Å². The lowest BCUT2D eigenvalue weighted by atomic mass is 9.47. The van der Waals surface area contributed by atoms with Crippen LogP contribution in [-0.4, -0.2) is 23.1 Å². The van der Waals surface area contributed by atoms with Crippen molar-refractivity contribution in [1.82, 2.24) is 0 Å². The fourth-order valence-electron chi connectivity index (χ4n) is 8.05. The second kappa shape index (κ2) is 6.14. The number of carbonyl (C=O) groups is 3. The Labute approximate surface area is 177 Å². The van der Waals surface area contributed by atoms with Gasteiger partial charge < -0.3 is 4.74 Å². The number of allylic oxidation sites excluding steroid dienone is 4. The van der Waals surface area contributed by atoms with Crippen LogP contribution in [-0.2, 0) is 19.1 Å². The maximum atomic E-state index is 15.4. The number of fused-ring (bicyclic) bond motifs is 7. The normalized spacial score (nSPS) is 48.4. The smallest absolute Gasteiger partial charge is 0.306 e. The Kier molecular flexibility index (Phi) is 4.12. The molecule has 0 N–H and O–H groups in total. The van der Waals surface area contributed by atoms with Crippen LogP contribution in [0.15, 0.2) is 23.6 Å². The van der Waals surface area contributed by atoms with Crippen LogP contribution in [0.5, 0.6) is 0 Å². The Balaban J connectivity index is 1.58. The number of ether oxygens (including phenoxy) is 1. The van der Waals surface area contributed by atoms with Gasteiger partial charge in [0.25, 0.3) is 0 Å². The van der Waals surface area contributed by atoms with E-state index in [0.29, 0.717) is 12.0 Å². The molecule has 0 bridgehead atoms. The van der Waals surface area contributed by atoms with Gasteiger partial charge in [-0.25, -0.2) is 4.39 Å². The van der Waals surface area contributed by atoms with E-state index in [1.807, 2.05) is 0 Å². The summed E-state index contributed by atoms with van der Waals surface area (Å²) >= 11 is 0. The first-order chi connectivity index (χ1) is 14.1. The summed E-state index contributed by atoms with van der Waals surface area (Å²) in [5.41, 5.74) is -1.32. The van der Waals surface area contributed by atoms with E-state index in [1.54, 1.807) is 19.1 Å². The minimum Gasteiger partial charge on any atom is -0.450 e. The largest absolute Gasteiger partial charge is 0.450 e. The monoisotopic (exact) mass is 414 g/mol. The van der Waals surface area contributed by atoms with E-state index in [4.69, 9.17) is 4.74 Å². The second-order valence-electron chi connectivity index (χ2n) is 10.7. The van der Waals surface area contributed by atoms with E-state index < -0.39 is 11.0 Å². The summed E-state index contributed by atoms with van der Waals surface area (Å²) in [5, 5.41) is 0. The second-order valence-corrected chi connectivity index (χ2v) is 10.7. The molecule has 5 rings (SSSR count). The van der Waals surface area contributed by atoms with Crippen molar-refractivity contribution < 1.29 is 23.5 Å². The van der Waals surface area contributed by atoms with Crippen molar-refractivity contribution in [3.8, 4) is 0 Å². The minimum atomic E-state index is -1.11. The van der Waals surface area contributed by atoms with E-state index in [2.05, 4.69) is 13.8 Å². The molecule has 0 aromatic rings. The molecular formula is C25H31FO4. The van der Waals surface area contributed by atoms with Crippen LogP contribution in [0.3, 0.4) is 0 Å². The molecule has 5 aliphatic carbocycles. The van der Waals surface area contributed by atoms with Gasteiger partial charge in [-0.3, -0.25) is 14.4 Å². The molecule has 5 heteroatoms. The van der Waals surface area contributed by atoms with E-state index in [9.17, 15) is 14.4 Å². The van der Waals surface area contributed by atoms with Crippen LogP contribution in [0.1, 0.15) is 66.2 Å². The van der Waals surface area contributed by atoms with Gasteiger partial charge in [0.2, 0.25) is 0 Å². The average molecular weight is 415 g/mol. The molecule has 4 nitrogen and oxygen atoms in total. The van der Waals surface area contributed by atoms with E-state index in [0.717, 1.165) is 25.7 Å². The Hall–Kier alpha value is -1.78. The first-order valence-corrected chi connectivity index (χ1v) is 11.5. The minimum absolute atomic E-state index is 0.00176. The Morgan fingerprint density at radius 1 is 1.17 bits per heavy atom. The number of esters is 1. The molecule has 30 heavy (non-hydrogen) atoms. The van der Waals surface area contributed by atoms with Gasteiger partial charge >= 0.3 is 5.97 Å². The Morgan fingerprint density at radius 3 is 2.53 bits per heavy atom. The Bertz CT molecular complexity index is 918. The molecule has 8 atom stereocenters. The summed E-state index contributed by atoms with van der Waals surface area (Å²) in [4.78, 5) is 37.4. The summed E-state index contributed by atoms with van der Waals surface area (Å²) in [6, 6.07) is 0. The molecule has 0 aromatic heterocycles. The van der Waals surface area contributed by atoms with Gasteiger partial charge in [0, 0.05) is 23.2 Å². The molecule has 162 valence electrons. The number of ketones is 2. The molecule has 3 fully saturated rings. The van der Waals surface area contributed by atoms with Gasteiger partial charge in [-0.15, -0.1) is 0 Å². The molecule has 0 amide bonds. The van der Waals surface area contributed by atoms with Crippen molar-refractivity contribution in [2.75, 3.05) is 0 Å². The highest BCUT2D eigenvalue weighted by Crippen LogP contribution is 2.72. The zero-order valence-electron chi connectivity index (χ0n) is 18.3. The molecule has 0 aliphatic heterocycles. The molecule has 0 radical (unpaired) electrons. The molecule has 5 aliphatic rings. The van der Waals surface area contributed by atoms with Crippen molar-refractivity contribution in [2.24, 2.45) is 40.4 Å². The van der Waals surface area contributed by atoms with Crippen molar-refractivity contribution in [1.29, 1.82) is 0 Å². The van der Waals surface area contributed by atoms with Gasteiger partial charge in [-0.05, 0) is 80.4 Å². The third-order valence-electron chi connectivity index (χ3n) is 9.76. The number of halogens is 1. The molecule has 0 heterocycles. The van der Waals surface area contributed by atoms with Crippen LogP contribution in [0.2, 0.25) is 0 Å². The topological polar surface area (TPSA) is 60.4 Å². The fourth-order valence-corrected chi connectivity index (χ4v) is 8.05. The number of hydrogen-bond acceptors (Lipinski definition) is 4. The van der Waals surface area contributed by atoms with Gasteiger partial charge in [-0.2, -0.15) is 0 Å². The van der Waals surface area contributed by atoms with Crippen LogP contribution >= 0.6 is 0 Å².